The maximum Gasteiger partial charge on any atom is 0.251 e. The molecule has 1 aromatic rings. The Morgan fingerprint density at radius 2 is 1.94 bits per heavy atom. The fourth-order valence-corrected chi connectivity index (χ4v) is 3.23. The minimum Gasteiger partial charge on any atom is -0.352 e. The van der Waals surface area contributed by atoms with Gasteiger partial charge in [0.2, 0.25) is 0 Å². The first-order valence-electron chi connectivity index (χ1n) is 5.87. The molecule has 0 heterocycles. The Bertz CT molecular complexity index is 392. The molecule has 0 aromatic heterocycles. The van der Waals surface area contributed by atoms with Crippen molar-refractivity contribution >= 4 is 49.4 Å². The highest BCUT2D eigenvalue weighted by Crippen LogP contribution is 2.20. The van der Waals surface area contributed by atoms with Gasteiger partial charge in [0.15, 0.2) is 0 Å². The van der Waals surface area contributed by atoms with E-state index in [0.29, 0.717) is 23.9 Å². The van der Waals surface area contributed by atoms with Crippen LogP contribution in [-0.4, -0.2) is 18.3 Å². The van der Waals surface area contributed by atoms with Gasteiger partial charge in [-0.3, -0.25) is 4.79 Å². The summed E-state index contributed by atoms with van der Waals surface area (Å²) in [5.41, 5.74) is 0.650. The van der Waals surface area contributed by atoms with E-state index in [2.05, 4.69) is 44.1 Å². The molecule has 0 aliphatic heterocycles. The van der Waals surface area contributed by atoms with Crippen LogP contribution >= 0.6 is 43.5 Å². The molecule has 1 atom stereocenters. The van der Waals surface area contributed by atoms with E-state index in [1.165, 1.54) is 0 Å². The molecule has 0 aliphatic carbocycles. The molecule has 1 unspecified atom stereocenters. The van der Waals surface area contributed by atoms with E-state index in [1.54, 1.807) is 0 Å². The van der Waals surface area contributed by atoms with E-state index in [9.17, 15) is 4.79 Å². The molecule has 0 fully saturated rings. The van der Waals surface area contributed by atoms with Crippen molar-refractivity contribution in [1.82, 2.24) is 5.32 Å². The molecular formula is C13H16Br2ClNO. The quantitative estimate of drug-likeness (QED) is 0.699. The van der Waals surface area contributed by atoms with Crippen molar-refractivity contribution in [3.63, 3.8) is 0 Å². The first-order chi connectivity index (χ1) is 8.56. The average Bonchev–Trinajstić information content (AvgIpc) is 2.32. The van der Waals surface area contributed by atoms with Crippen LogP contribution < -0.4 is 5.32 Å². The lowest BCUT2D eigenvalue weighted by Gasteiger charge is -2.14. The van der Waals surface area contributed by atoms with Gasteiger partial charge < -0.3 is 5.32 Å². The molecule has 1 aromatic carbocycles. The van der Waals surface area contributed by atoms with E-state index in [1.807, 2.05) is 18.2 Å². The van der Waals surface area contributed by atoms with Crippen LogP contribution in [0.4, 0.5) is 0 Å². The van der Waals surface area contributed by atoms with E-state index in [4.69, 9.17) is 11.6 Å². The summed E-state index contributed by atoms with van der Waals surface area (Å²) in [7, 11) is 0. The third kappa shape index (κ3) is 5.29. The zero-order valence-electron chi connectivity index (χ0n) is 10.2. The van der Waals surface area contributed by atoms with E-state index < -0.39 is 0 Å². The summed E-state index contributed by atoms with van der Waals surface area (Å²) in [5.74, 6) is 1.03. The number of carbonyl (C=O) groups is 1. The van der Waals surface area contributed by atoms with E-state index >= 15 is 0 Å². The number of hydrogen-bond donors (Lipinski definition) is 1. The van der Waals surface area contributed by atoms with Crippen molar-refractivity contribution in [1.29, 1.82) is 0 Å². The normalized spacial score (nSPS) is 12.2. The van der Waals surface area contributed by atoms with Crippen LogP contribution in [0.1, 0.15) is 30.1 Å². The summed E-state index contributed by atoms with van der Waals surface area (Å²) in [5, 5.41) is 2.95. The summed E-state index contributed by atoms with van der Waals surface area (Å²) < 4.78 is 1.77. The summed E-state index contributed by atoms with van der Waals surface area (Å²) >= 11 is 12.5. The molecule has 0 aliphatic rings. The Hall–Kier alpha value is -0.0600. The Labute approximate surface area is 130 Å². The minimum absolute atomic E-state index is 0.0509. The van der Waals surface area contributed by atoms with Gasteiger partial charge in [0.05, 0.1) is 0 Å². The van der Waals surface area contributed by atoms with Crippen molar-refractivity contribution in [3.05, 3.63) is 32.7 Å². The van der Waals surface area contributed by atoms with Crippen LogP contribution in [0.3, 0.4) is 0 Å². The molecule has 0 radical (unpaired) electrons. The van der Waals surface area contributed by atoms with Gasteiger partial charge in [-0.1, -0.05) is 45.2 Å². The predicted octanol–water partition coefficient (Wildman–Crippen LogP) is 4.60. The molecule has 5 heteroatoms. The number of benzene rings is 1. The van der Waals surface area contributed by atoms with Crippen LogP contribution in [0.2, 0.25) is 0 Å². The van der Waals surface area contributed by atoms with Crippen LogP contribution in [0.25, 0.3) is 0 Å². The third-order valence-corrected chi connectivity index (χ3v) is 3.90. The second kappa shape index (κ2) is 8.18. The van der Waals surface area contributed by atoms with Crippen LogP contribution in [-0.2, 0) is 0 Å². The lowest BCUT2D eigenvalue weighted by atomic mass is 10.0. The van der Waals surface area contributed by atoms with E-state index in [-0.39, 0.29) is 5.91 Å². The number of amides is 1. The standard InChI is InChI=1S/C13H16Br2ClNO/c1-2-9(3-4-16)8-17-13(18)10-5-11(14)7-12(15)6-10/h5-7,9H,2-4,8H2,1H3,(H,17,18). The second-order valence-electron chi connectivity index (χ2n) is 4.12. The highest BCUT2D eigenvalue weighted by molar-refractivity contribution is 9.11. The first kappa shape index (κ1) is 16.0. The third-order valence-electron chi connectivity index (χ3n) is 2.77. The summed E-state index contributed by atoms with van der Waals surface area (Å²) in [6.07, 6.45) is 1.95. The molecule has 1 rings (SSSR count). The van der Waals surface area contributed by atoms with Gasteiger partial charge in [0.25, 0.3) is 5.91 Å². The topological polar surface area (TPSA) is 29.1 Å². The molecule has 18 heavy (non-hydrogen) atoms. The van der Waals surface area contributed by atoms with Gasteiger partial charge in [-0.25, -0.2) is 0 Å². The lowest BCUT2D eigenvalue weighted by molar-refractivity contribution is 0.0946. The highest BCUT2D eigenvalue weighted by atomic mass is 79.9. The van der Waals surface area contributed by atoms with Crippen molar-refractivity contribution in [2.75, 3.05) is 12.4 Å². The Balaban J connectivity index is 2.59. The number of halogens is 3. The van der Waals surface area contributed by atoms with Crippen molar-refractivity contribution in [2.45, 2.75) is 19.8 Å². The van der Waals surface area contributed by atoms with Gasteiger partial charge in [0, 0.05) is 26.9 Å². The Morgan fingerprint density at radius 3 is 2.44 bits per heavy atom. The number of alkyl halides is 1. The highest BCUT2D eigenvalue weighted by Gasteiger charge is 2.10. The molecule has 0 spiro atoms. The molecule has 100 valence electrons. The monoisotopic (exact) mass is 395 g/mol. The number of rotatable bonds is 6. The molecule has 0 saturated carbocycles. The van der Waals surface area contributed by atoms with Gasteiger partial charge in [-0.05, 0) is 30.5 Å². The van der Waals surface area contributed by atoms with Gasteiger partial charge in [0.1, 0.15) is 0 Å². The molecular weight excluding hydrogens is 381 g/mol. The molecule has 0 bridgehead atoms. The average molecular weight is 398 g/mol. The van der Waals surface area contributed by atoms with Crippen molar-refractivity contribution in [2.24, 2.45) is 5.92 Å². The fraction of sp³-hybridized carbons (Fsp3) is 0.462. The lowest BCUT2D eigenvalue weighted by Crippen LogP contribution is -2.29. The number of nitrogens with one attached hydrogen (secondary N) is 1. The largest absolute Gasteiger partial charge is 0.352 e. The van der Waals surface area contributed by atoms with Crippen LogP contribution in [0.5, 0.6) is 0 Å². The summed E-state index contributed by atoms with van der Waals surface area (Å²) in [6, 6.07) is 5.52. The summed E-state index contributed by atoms with van der Waals surface area (Å²) in [4.78, 5) is 12.0. The number of hydrogen-bond acceptors (Lipinski definition) is 1. The minimum atomic E-state index is -0.0509. The SMILES string of the molecule is CCC(CCCl)CNC(=O)c1cc(Br)cc(Br)c1. The van der Waals surface area contributed by atoms with Crippen LogP contribution in [0.15, 0.2) is 27.1 Å². The zero-order valence-corrected chi connectivity index (χ0v) is 14.1. The van der Waals surface area contributed by atoms with Gasteiger partial charge in [-0.15, -0.1) is 11.6 Å². The predicted molar refractivity (Wildman–Crippen MR) is 83.3 cm³/mol. The maximum absolute atomic E-state index is 12.0. The maximum atomic E-state index is 12.0. The molecule has 2 nitrogen and oxygen atoms in total. The summed E-state index contributed by atoms with van der Waals surface area (Å²) in [6.45, 7) is 2.78. The molecule has 1 N–H and O–H groups in total. The first-order valence-corrected chi connectivity index (χ1v) is 7.99. The Kier molecular flexibility index (Phi) is 7.27. The van der Waals surface area contributed by atoms with Gasteiger partial charge in [-0.2, -0.15) is 0 Å². The smallest absolute Gasteiger partial charge is 0.251 e. The van der Waals surface area contributed by atoms with Gasteiger partial charge >= 0.3 is 0 Å². The number of carbonyl (C=O) groups excluding carboxylic acids is 1. The molecule has 1 amide bonds. The van der Waals surface area contributed by atoms with Crippen molar-refractivity contribution in [3.8, 4) is 0 Å². The Morgan fingerprint density at radius 1 is 1.33 bits per heavy atom. The molecule has 0 saturated heterocycles. The van der Waals surface area contributed by atoms with Crippen LogP contribution in [0, 0.1) is 5.92 Å². The fourth-order valence-electron chi connectivity index (χ4n) is 1.63. The second-order valence-corrected chi connectivity index (χ2v) is 6.33. The van der Waals surface area contributed by atoms with Crippen molar-refractivity contribution < 1.29 is 4.79 Å². The van der Waals surface area contributed by atoms with E-state index in [0.717, 1.165) is 21.8 Å². The zero-order chi connectivity index (χ0) is 13.5.